The summed E-state index contributed by atoms with van der Waals surface area (Å²) in [4.78, 5) is 0. The topological polar surface area (TPSA) is 60.7 Å². The third-order valence-electron chi connectivity index (χ3n) is 17.4. The van der Waals surface area contributed by atoms with Crippen molar-refractivity contribution in [1.29, 1.82) is 0 Å². The zero-order valence-corrected chi connectivity index (χ0v) is 39.2. The van der Waals surface area contributed by atoms with Gasteiger partial charge in [0.05, 0.1) is 18.3 Å². The molecule has 0 aromatic carbocycles. The summed E-state index contributed by atoms with van der Waals surface area (Å²) in [7, 11) is 0. The quantitative estimate of drug-likeness (QED) is 0.182. The van der Waals surface area contributed by atoms with E-state index in [4.69, 9.17) is 0 Å². The summed E-state index contributed by atoms with van der Waals surface area (Å²) in [6, 6.07) is 0. The molecule has 0 saturated heterocycles. The average molecular weight is 799 g/mol. The fraction of sp³-hybridized carbons (Fsp3) is 0.782. The van der Waals surface area contributed by atoms with Crippen LogP contribution in [0.1, 0.15) is 185 Å². The summed E-state index contributed by atoms with van der Waals surface area (Å²) < 4.78 is 0. The van der Waals surface area contributed by atoms with Crippen LogP contribution in [0.4, 0.5) is 0 Å². The van der Waals surface area contributed by atoms with E-state index in [0.717, 1.165) is 65.9 Å². The molecule has 0 aromatic heterocycles. The monoisotopic (exact) mass is 799 g/mol. The van der Waals surface area contributed by atoms with Crippen molar-refractivity contribution >= 4 is 0 Å². The molecule has 0 aromatic rings. The van der Waals surface area contributed by atoms with Gasteiger partial charge >= 0.3 is 0 Å². The number of hydrogen-bond acceptors (Lipinski definition) is 3. The van der Waals surface area contributed by atoms with Crippen LogP contribution in [0.5, 0.6) is 0 Å². The van der Waals surface area contributed by atoms with Gasteiger partial charge in [0.2, 0.25) is 0 Å². The van der Waals surface area contributed by atoms with E-state index in [1.807, 2.05) is 0 Å². The molecule has 6 rings (SSSR count). The van der Waals surface area contributed by atoms with Crippen LogP contribution in [0.3, 0.4) is 0 Å². The van der Waals surface area contributed by atoms with Crippen LogP contribution in [-0.4, -0.2) is 33.6 Å². The minimum absolute atomic E-state index is 0.121. The Balaban J connectivity index is 0.000000221. The summed E-state index contributed by atoms with van der Waals surface area (Å²) >= 11 is 0. The fourth-order valence-electron chi connectivity index (χ4n) is 13.2. The maximum atomic E-state index is 10.1. The Labute approximate surface area is 358 Å². The van der Waals surface area contributed by atoms with E-state index in [0.29, 0.717) is 47.3 Å². The highest BCUT2D eigenvalue weighted by Gasteiger charge is 2.51. The van der Waals surface area contributed by atoms with Crippen molar-refractivity contribution in [3.8, 4) is 0 Å². The van der Waals surface area contributed by atoms with Gasteiger partial charge in [0.15, 0.2) is 0 Å². The minimum atomic E-state index is -0.595. The van der Waals surface area contributed by atoms with Crippen LogP contribution < -0.4 is 0 Å². The largest absolute Gasteiger partial charge is 0.393 e. The van der Waals surface area contributed by atoms with Crippen LogP contribution in [0.15, 0.2) is 70.9 Å². The predicted octanol–water partition coefficient (Wildman–Crippen LogP) is 14.3. The first-order valence-electron chi connectivity index (χ1n) is 24.6. The lowest BCUT2D eigenvalue weighted by Gasteiger charge is -2.44. The molecule has 0 aliphatic heterocycles. The fourth-order valence-corrected chi connectivity index (χ4v) is 13.2. The molecule has 6 aliphatic rings. The van der Waals surface area contributed by atoms with Gasteiger partial charge in [-0.2, -0.15) is 0 Å². The Morgan fingerprint density at radius 3 is 1.88 bits per heavy atom. The SMILES string of the molecule is C=C1/C(=C\C=C2/CCC[C@]3(C)[C@@H]([C@H](C)CCCC(C)C)CC[C@@H]23)C[C@@H](O)C[C@@H]1O.CC(C)[C@@H](C)/C=C/[C@@H](C)[C@H]1CC[C@H]2/C(=C/C=C3\C[C@@H](O)CC[C@@H]3C)CCC[C@]12C. The summed E-state index contributed by atoms with van der Waals surface area (Å²) in [6.45, 7) is 28.2. The van der Waals surface area contributed by atoms with Crippen molar-refractivity contribution in [3.05, 3.63) is 70.9 Å². The summed E-state index contributed by atoms with van der Waals surface area (Å²) in [5, 5.41) is 30.2. The molecule has 3 N–H and O–H groups in total. The standard InChI is InChI=1S/C28H46O.C27H44O2/c1-19(2)20(3)9-10-22(5)26-15-16-27-23(8-7-17-28(26,27)6)12-13-24-18-25(29)14-11-21(24)4;1-18(2)8-6-9-19(3)24-13-14-25-21(10-7-15-27(24,25)5)11-12-22-16-23(28)17-26(29)20(22)4/h9-10,12-13,19-22,25-27,29H,7-8,11,14-18H2,1-6H3;11-12,18-19,23-26,28-29H,4,6-10,13-17H2,1-3,5H3/b10-9+,23-12+,24-13+;21-11+,22-12-/t20-,21-,22+,25-,26+,27-,28+;19-,23-,24-,25+,26+,27-/m01/s1. The molecule has 6 aliphatic carbocycles. The van der Waals surface area contributed by atoms with E-state index in [2.05, 4.69) is 112 Å². The summed E-state index contributed by atoms with van der Waals surface area (Å²) in [5.74, 6) is 7.48. The van der Waals surface area contributed by atoms with Crippen molar-refractivity contribution < 1.29 is 15.3 Å². The van der Waals surface area contributed by atoms with Gasteiger partial charge in [-0.3, -0.25) is 0 Å². The Bertz CT molecular complexity index is 1510. The van der Waals surface area contributed by atoms with Gasteiger partial charge in [0.25, 0.3) is 0 Å². The molecule has 13 atom stereocenters. The Hall–Kier alpha value is -1.68. The number of aliphatic hydroxyl groups is 3. The number of hydrogen-bond donors (Lipinski definition) is 3. The Morgan fingerprint density at radius 1 is 0.672 bits per heavy atom. The van der Waals surface area contributed by atoms with E-state index in [9.17, 15) is 15.3 Å². The van der Waals surface area contributed by atoms with Crippen molar-refractivity contribution in [2.24, 2.45) is 70.0 Å². The third kappa shape index (κ3) is 11.4. The average Bonchev–Trinajstić information content (AvgIpc) is 3.72. The van der Waals surface area contributed by atoms with Crippen molar-refractivity contribution in [2.45, 2.75) is 203 Å². The number of aliphatic hydroxyl groups excluding tert-OH is 3. The first-order chi connectivity index (χ1) is 27.4. The second-order valence-electron chi connectivity index (χ2n) is 22.2. The number of rotatable bonds is 11. The molecular formula is C55H90O3. The molecule has 0 radical (unpaired) electrons. The molecule has 3 heteroatoms. The van der Waals surface area contributed by atoms with Crippen LogP contribution in [0.2, 0.25) is 0 Å². The van der Waals surface area contributed by atoms with E-state index < -0.39 is 12.2 Å². The zero-order chi connectivity index (χ0) is 42.4. The van der Waals surface area contributed by atoms with Gasteiger partial charge in [-0.1, -0.05) is 148 Å². The van der Waals surface area contributed by atoms with Gasteiger partial charge in [0.1, 0.15) is 0 Å². The highest BCUT2D eigenvalue weighted by atomic mass is 16.3. The maximum absolute atomic E-state index is 10.1. The van der Waals surface area contributed by atoms with E-state index in [1.165, 1.54) is 89.0 Å². The minimum Gasteiger partial charge on any atom is -0.393 e. The van der Waals surface area contributed by atoms with Crippen molar-refractivity contribution in [2.75, 3.05) is 0 Å². The van der Waals surface area contributed by atoms with Gasteiger partial charge in [-0.25, -0.2) is 0 Å². The lowest BCUT2D eigenvalue weighted by molar-refractivity contribution is 0.0861. The highest BCUT2D eigenvalue weighted by molar-refractivity contribution is 5.39. The summed E-state index contributed by atoms with van der Waals surface area (Å²) in [5.41, 5.74) is 7.52. The lowest BCUT2D eigenvalue weighted by atomic mass is 9.60. The Kier molecular flexibility index (Phi) is 17.1. The normalized spacial score (nSPS) is 40.0. The predicted molar refractivity (Wildman–Crippen MR) is 248 cm³/mol. The molecule has 0 amide bonds. The number of allylic oxidation sites excluding steroid dienone is 8. The summed E-state index contributed by atoms with van der Waals surface area (Å²) in [6.07, 6.45) is 34.7. The van der Waals surface area contributed by atoms with Crippen molar-refractivity contribution in [1.82, 2.24) is 0 Å². The molecular weight excluding hydrogens is 709 g/mol. The van der Waals surface area contributed by atoms with E-state index in [1.54, 1.807) is 11.1 Å². The molecule has 0 spiro atoms. The van der Waals surface area contributed by atoms with Gasteiger partial charge in [0, 0.05) is 6.42 Å². The molecule has 58 heavy (non-hydrogen) atoms. The molecule has 328 valence electrons. The Morgan fingerprint density at radius 2 is 1.26 bits per heavy atom. The van der Waals surface area contributed by atoms with Crippen LogP contribution >= 0.6 is 0 Å². The molecule has 3 nitrogen and oxygen atoms in total. The van der Waals surface area contributed by atoms with Gasteiger partial charge in [-0.05, 0) is 171 Å². The first kappa shape index (κ1) is 47.4. The second kappa shape index (κ2) is 20.9. The molecule has 6 fully saturated rings. The molecule has 0 bridgehead atoms. The van der Waals surface area contributed by atoms with Crippen LogP contribution in [0.25, 0.3) is 0 Å². The smallest absolute Gasteiger partial charge is 0.0811 e. The molecule has 0 unspecified atom stereocenters. The van der Waals surface area contributed by atoms with Gasteiger partial charge in [-0.15, -0.1) is 0 Å². The maximum Gasteiger partial charge on any atom is 0.0811 e. The first-order valence-corrected chi connectivity index (χ1v) is 24.6. The van der Waals surface area contributed by atoms with E-state index in [-0.39, 0.29) is 6.10 Å². The van der Waals surface area contributed by atoms with Gasteiger partial charge < -0.3 is 15.3 Å². The third-order valence-corrected chi connectivity index (χ3v) is 17.4. The van der Waals surface area contributed by atoms with Crippen molar-refractivity contribution in [3.63, 3.8) is 0 Å². The van der Waals surface area contributed by atoms with Crippen LogP contribution in [0, 0.1) is 70.0 Å². The van der Waals surface area contributed by atoms with E-state index >= 15 is 0 Å². The zero-order valence-electron chi connectivity index (χ0n) is 39.2. The number of fused-ring (bicyclic) bond motifs is 2. The van der Waals surface area contributed by atoms with Crippen LogP contribution in [-0.2, 0) is 0 Å². The highest BCUT2D eigenvalue weighted by Crippen LogP contribution is 2.61. The second-order valence-corrected chi connectivity index (χ2v) is 22.2. The lowest BCUT2D eigenvalue weighted by Crippen LogP contribution is -2.36. The molecule has 0 heterocycles. The molecule has 6 saturated carbocycles.